The number of hydrogen-bond acceptors (Lipinski definition) is 5. The van der Waals surface area contributed by atoms with E-state index in [9.17, 15) is 17.6 Å². The summed E-state index contributed by atoms with van der Waals surface area (Å²) in [6.45, 7) is 0.270. The molecule has 0 fully saturated rings. The normalized spacial score (nSPS) is 10.6. The summed E-state index contributed by atoms with van der Waals surface area (Å²) in [7, 11) is -4.06. The third-order valence-electron chi connectivity index (χ3n) is 3.86. The van der Waals surface area contributed by atoms with Gasteiger partial charge < -0.3 is 4.90 Å². The van der Waals surface area contributed by atoms with Gasteiger partial charge in [0, 0.05) is 18.7 Å². The predicted molar refractivity (Wildman–Crippen MR) is 105 cm³/mol. The number of sulfonamides is 1. The van der Waals surface area contributed by atoms with E-state index in [0.717, 1.165) is 24.3 Å². The van der Waals surface area contributed by atoms with Crippen LogP contribution in [0.2, 0.25) is 5.02 Å². The number of benzene rings is 2. The first-order chi connectivity index (χ1) is 13.8. The molecule has 7 nitrogen and oxygen atoms in total. The topological polar surface area (TPSA) is 114 Å². The van der Waals surface area contributed by atoms with Crippen LogP contribution in [0.5, 0.6) is 0 Å². The molecule has 2 aromatic rings. The van der Waals surface area contributed by atoms with Gasteiger partial charge in [0.05, 0.1) is 40.6 Å². The summed E-state index contributed by atoms with van der Waals surface area (Å²) in [5.74, 6) is -1.04. The maximum Gasteiger partial charge on any atom is 0.261 e. The third-order valence-corrected chi connectivity index (χ3v) is 5.57. The van der Waals surface area contributed by atoms with Gasteiger partial charge in [-0.15, -0.1) is 0 Å². The van der Waals surface area contributed by atoms with E-state index in [4.69, 9.17) is 22.1 Å². The molecule has 1 amide bonds. The standard InChI is InChI=1S/C19H16ClFN4O3S/c20-17-8-3-14(19(26)25(11-1-9-22)12-2-10-23)13-18(17)24-29(27,28)16-6-4-15(21)5-7-16/h3-8,13,24H,1-2,11-12H2. The number of rotatable bonds is 8. The number of carbonyl (C=O) groups excluding carboxylic acids is 1. The Morgan fingerprint density at radius 2 is 1.66 bits per heavy atom. The van der Waals surface area contributed by atoms with Crippen LogP contribution in [0.3, 0.4) is 0 Å². The van der Waals surface area contributed by atoms with Crippen molar-refractivity contribution in [2.45, 2.75) is 17.7 Å². The van der Waals surface area contributed by atoms with Crippen LogP contribution in [0.1, 0.15) is 23.2 Å². The molecule has 0 aliphatic carbocycles. The van der Waals surface area contributed by atoms with Gasteiger partial charge in [-0.1, -0.05) is 11.6 Å². The minimum atomic E-state index is -4.06. The summed E-state index contributed by atoms with van der Waals surface area (Å²) in [4.78, 5) is 13.9. The molecule has 0 radical (unpaired) electrons. The second-order valence-corrected chi connectivity index (χ2v) is 7.95. The number of nitriles is 2. The number of carbonyl (C=O) groups is 1. The zero-order valence-electron chi connectivity index (χ0n) is 15.1. The minimum absolute atomic E-state index is 0.0256. The Balaban J connectivity index is 2.30. The summed E-state index contributed by atoms with van der Waals surface area (Å²) < 4.78 is 40.3. The van der Waals surface area contributed by atoms with Crippen molar-refractivity contribution in [2.75, 3.05) is 17.8 Å². The van der Waals surface area contributed by atoms with Gasteiger partial charge in [0.25, 0.3) is 15.9 Å². The summed E-state index contributed by atoms with van der Waals surface area (Å²) in [5.41, 5.74) is 0.115. The monoisotopic (exact) mass is 434 g/mol. The molecule has 0 saturated heterocycles. The highest BCUT2D eigenvalue weighted by molar-refractivity contribution is 7.92. The number of nitrogens with zero attached hydrogens (tertiary/aromatic N) is 3. The van der Waals surface area contributed by atoms with Gasteiger partial charge in [-0.25, -0.2) is 12.8 Å². The summed E-state index contributed by atoms with van der Waals surface area (Å²) >= 11 is 6.07. The Kier molecular flexibility index (Phi) is 7.54. The van der Waals surface area contributed by atoms with Crippen molar-refractivity contribution >= 4 is 33.2 Å². The summed E-state index contributed by atoms with van der Waals surface area (Å²) in [5, 5.41) is 17.6. The third kappa shape index (κ3) is 5.92. The lowest BCUT2D eigenvalue weighted by molar-refractivity contribution is 0.0762. The Labute approximate surface area is 173 Å². The fourth-order valence-corrected chi connectivity index (χ4v) is 3.71. The summed E-state index contributed by atoms with van der Waals surface area (Å²) in [6.07, 6.45) is 0.184. The quantitative estimate of drug-likeness (QED) is 0.682. The van der Waals surface area contributed by atoms with Crippen LogP contribution in [0.15, 0.2) is 47.4 Å². The average Bonchev–Trinajstić information content (AvgIpc) is 2.69. The molecule has 2 rings (SSSR count). The van der Waals surface area contributed by atoms with E-state index < -0.39 is 21.7 Å². The van der Waals surface area contributed by atoms with Gasteiger partial charge in [-0.3, -0.25) is 9.52 Å². The highest BCUT2D eigenvalue weighted by Gasteiger charge is 2.20. The molecule has 0 saturated carbocycles. The number of halogens is 2. The zero-order chi connectivity index (χ0) is 21.4. The molecule has 0 aliphatic heterocycles. The molecule has 0 heterocycles. The molecule has 0 atom stereocenters. The second kappa shape index (κ2) is 9.87. The fourth-order valence-electron chi connectivity index (χ4n) is 2.42. The van der Waals surface area contributed by atoms with Gasteiger partial charge in [0.15, 0.2) is 0 Å². The van der Waals surface area contributed by atoms with Crippen LogP contribution >= 0.6 is 11.6 Å². The van der Waals surface area contributed by atoms with Gasteiger partial charge in [0.2, 0.25) is 0 Å². The van der Waals surface area contributed by atoms with Crippen LogP contribution in [0, 0.1) is 28.5 Å². The second-order valence-electron chi connectivity index (χ2n) is 5.86. The number of hydrogen-bond donors (Lipinski definition) is 1. The number of nitrogens with one attached hydrogen (secondary N) is 1. The first-order valence-electron chi connectivity index (χ1n) is 8.39. The largest absolute Gasteiger partial charge is 0.337 e. The highest BCUT2D eigenvalue weighted by atomic mass is 35.5. The molecular weight excluding hydrogens is 419 g/mol. The fraction of sp³-hybridized carbons (Fsp3) is 0.211. The van der Waals surface area contributed by atoms with Crippen LogP contribution in [-0.2, 0) is 10.0 Å². The Bertz CT molecular complexity index is 1060. The molecule has 29 heavy (non-hydrogen) atoms. The Hall–Kier alpha value is -3.14. The average molecular weight is 435 g/mol. The van der Waals surface area contributed by atoms with Crippen molar-refractivity contribution in [3.63, 3.8) is 0 Å². The number of amides is 1. The van der Waals surface area contributed by atoms with Crippen molar-refractivity contribution < 1.29 is 17.6 Å². The smallest absolute Gasteiger partial charge is 0.261 e. The van der Waals surface area contributed by atoms with Crippen LogP contribution < -0.4 is 4.72 Å². The summed E-state index contributed by atoms with van der Waals surface area (Å²) in [6, 6.07) is 12.2. The SMILES string of the molecule is N#CCCN(CCC#N)C(=O)c1ccc(Cl)c(NS(=O)(=O)c2ccc(F)cc2)c1. The van der Waals surface area contributed by atoms with E-state index in [1.165, 1.54) is 23.1 Å². The van der Waals surface area contributed by atoms with E-state index in [0.29, 0.717) is 0 Å². The van der Waals surface area contributed by atoms with Crippen molar-refractivity contribution in [1.82, 2.24) is 4.90 Å². The van der Waals surface area contributed by atoms with Crippen molar-refractivity contribution in [3.8, 4) is 12.1 Å². The molecule has 150 valence electrons. The van der Waals surface area contributed by atoms with E-state index in [1.54, 1.807) is 0 Å². The highest BCUT2D eigenvalue weighted by Crippen LogP contribution is 2.26. The first-order valence-corrected chi connectivity index (χ1v) is 10.3. The molecule has 0 spiro atoms. The van der Waals surface area contributed by atoms with Gasteiger partial charge in [0.1, 0.15) is 5.82 Å². The lowest BCUT2D eigenvalue weighted by Gasteiger charge is -2.21. The van der Waals surface area contributed by atoms with E-state index in [1.807, 2.05) is 12.1 Å². The molecular formula is C19H16ClFN4O3S. The van der Waals surface area contributed by atoms with Crippen molar-refractivity contribution in [1.29, 1.82) is 10.5 Å². The molecule has 1 N–H and O–H groups in total. The minimum Gasteiger partial charge on any atom is -0.337 e. The molecule has 0 unspecified atom stereocenters. The predicted octanol–water partition coefficient (Wildman–Crippen LogP) is 3.55. The molecule has 0 aliphatic rings. The molecule has 2 aromatic carbocycles. The lowest BCUT2D eigenvalue weighted by atomic mass is 10.1. The molecule has 0 bridgehead atoms. The van der Waals surface area contributed by atoms with Gasteiger partial charge in [-0.2, -0.15) is 10.5 Å². The van der Waals surface area contributed by atoms with Crippen molar-refractivity contribution in [3.05, 3.63) is 58.9 Å². The van der Waals surface area contributed by atoms with Crippen LogP contribution in [-0.4, -0.2) is 32.3 Å². The lowest BCUT2D eigenvalue weighted by Crippen LogP contribution is -2.32. The molecule has 0 aromatic heterocycles. The maximum absolute atomic E-state index is 13.0. The van der Waals surface area contributed by atoms with Crippen LogP contribution in [0.4, 0.5) is 10.1 Å². The van der Waals surface area contributed by atoms with E-state index in [-0.39, 0.29) is 47.1 Å². The van der Waals surface area contributed by atoms with Crippen LogP contribution in [0.25, 0.3) is 0 Å². The van der Waals surface area contributed by atoms with E-state index in [2.05, 4.69) is 4.72 Å². The van der Waals surface area contributed by atoms with Gasteiger partial charge in [-0.05, 0) is 42.5 Å². The van der Waals surface area contributed by atoms with Gasteiger partial charge >= 0.3 is 0 Å². The first kappa shape index (κ1) is 22.2. The zero-order valence-corrected chi connectivity index (χ0v) is 16.7. The Morgan fingerprint density at radius 3 is 2.21 bits per heavy atom. The molecule has 10 heteroatoms. The van der Waals surface area contributed by atoms with E-state index >= 15 is 0 Å². The van der Waals surface area contributed by atoms with Crippen molar-refractivity contribution in [2.24, 2.45) is 0 Å². The maximum atomic E-state index is 13.0. The number of anilines is 1. The Morgan fingerprint density at radius 1 is 1.07 bits per heavy atom.